The number of benzene rings is 1. The van der Waals surface area contributed by atoms with Crippen LogP contribution in [0.5, 0.6) is 11.5 Å². The number of halogens is 1. The molecule has 0 N–H and O–H groups in total. The second kappa shape index (κ2) is 7.88. The van der Waals surface area contributed by atoms with Gasteiger partial charge in [-0.3, -0.25) is 9.69 Å². The Bertz CT molecular complexity index is 555. The number of methoxy groups -OCH3 is 1. The smallest absolute Gasteiger partial charge is 0.254 e. The summed E-state index contributed by atoms with van der Waals surface area (Å²) in [6.45, 7) is 9.96. The zero-order valence-electron chi connectivity index (χ0n) is 14.3. The molecule has 1 heterocycles. The molecule has 0 radical (unpaired) electrons. The fourth-order valence-corrected chi connectivity index (χ4v) is 3.02. The fraction of sp³-hybridized carbons (Fsp3) is 0.588. The van der Waals surface area contributed by atoms with Crippen LogP contribution in [0.3, 0.4) is 0 Å². The Balaban J connectivity index is 2.15. The second-order valence-electron chi connectivity index (χ2n) is 5.84. The van der Waals surface area contributed by atoms with E-state index in [2.05, 4.69) is 18.7 Å². The highest BCUT2D eigenvalue weighted by molar-refractivity contribution is 6.32. The van der Waals surface area contributed by atoms with Crippen molar-refractivity contribution in [2.24, 2.45) is 0 Å². The Kier molecular flexibility index (Phi) is 6.13. The summed E-state index contributed by atoms with van der Waals surface area (Å²) < 4.78 is 10.8. The largest absolute Gasteiger partial charge is 0.493 e. The third-order valence-electron chi connectivity index (χ3n) is 4.10. The number of hydrogen-bond donors (Lipinski definition) is 0. The predicted octanol–water partition coefficient (Wildman–Crippen LogP) is 2.91. The van der Waals surface area contributed by atoms with Crippen LogP contribution < -0.4 is 9.47 Å². The molecule has 1 aliphatic heterocycles. The van der Waals surface area contributed by atoms with Crippen molar-refractivity contribution < 1.29 is 14.3 Å². The molecule has 1 amide bonds. The van der Waals surface area contributed by atoms with Crippen LogP contribution in [0.15, 0.2) is 12.1 Å². The fourth-order valence-electron chi connectivity index (χ4n) is 2.75. The normalized spacial score (nSPS) is 15.8. The topological polar surface area (TPSA) is 42.0 Å². The number of piperazine rings is 1. The minimum absolute atomic E-state index is 0.0170. The van der Waals surface area contributed by atoms with Gasteiger partial charge in [0.15, 0.2) is 11.5 Å². The summed E-state index contributed by atoms with van der Waals surface area (Å²) >= 11 is 6.26. The number of ether oxygens (including phenoxy) is 2. The van der Waals surface area contributed by atoms with E-state index in [1.165, 1.54) is 0 Å². The molecule has 0 spiro atoms. The van der Waals surface area contributed by atoms with Gasteiger partial charge in [0.1, 0.15) is 0 Å². The van der Waals surface area contributed by atoms with Gasteiger partial charge in [0.05, 0.1) is 18.7 Å². The lowest BCUT2D eigenvalue weighted by atomic mass is 10.1. The zero-order chi connectivity index (χ0) is 17.0. The zero-order valence-corrected chi connectivity index (χ0v) is 15.0. The van der Waals surface area contributed by atoms with Crippen molar-refractivity contribution in [1.29, 1.82) is 0 Å². The monoisotopic (exact) mass is 340 g/mol. The summed E-state index contributed by atoms with van der Waals surface area (Å²) in [5.74, 6) is 0.956. The van der Waals surface area contributed by atoms with Crippen molar-refractivity contribution >= 4 is 17.5 Å². The van der Waals surface area contributed by atoms with Crippen LogP contribution in [0.4, 0.5) is 0 Å². The molecule has 5 nitrogen and oxygen atoms in total. The molecule has 1 aromatic carbocycles. The van der Waals surface area contributed by atoms with Crippen LogP contribution in [0.2, 0.25) is 5.02 Å². The van der Waals surface area contributed by atoms with Crippen molar-refractivity contribution in [3.8, 4) is 11.5 Å². The minimum atomic E-state index is -0.0170. The molecule has 0 aliphatic carbocycles. The highest BCUT2D eigenvalue weighted by Crippen LogP contribution is 2.36. The maximum atomic E-state index is 12.7. The van der Waals surface area contributed by atoms with E-state index in [0.717, 1.165) is 26.2 Å². The van der Waals surface area contributed by atoms with E-state index in [4.69, 9.17) is 21.1 Å². The molecule has 0 aromatic heterocycles. The first-order valence-electron chi connectivity index (χ1n) is 8.01. The Morgan fingerprint density at radius 1 is 1.26 bits per heavy atom. The number of rotatable bonds is 5. The first-order valence-corrected chi connectivity index (χ1v) is 8.39. The van der Waals surface area contributed by atoms with Gasteiger partial charge in [0.25, 0.3) is 5.91 Å². The third kappa shape index (κ3) is 4.09. The first-order chi connectivity index (χ1) is 11.0. The molecule has 1 saturated heterocycles. The number of carbonyl (C=O) groups excluding carboxylic acids is 1. The van der Waals surface area contributed by atoms with Crippen LogP contribution in [0.25, 0.3) is 0 Å². The molecule has 1 aliphatic rings. The molecule has 1 aromatic rings. The first kappa shape index (κ1) is 17.9. The number of amides is 1. The van der Waals surface area contributed by atoms with Crippen molar-refractivity contribution in [2.75, 3.05) is 39.9 Å². The van der Waals surface area contributed by atoms with E-state index >= 15 is 0 Å². The minimum Gasteiger partial charge on any atom is -0.493 e. The molecule has 128 valence electrons. The Hall–Kier alpha value is -1.46. The second-order valence-corrected chi connectivity index (χ2v) is 6.25. The van der Waals surface area contributed by atoms with Crippen LogP contribution in [0.1, 0.15) is 31.1 Å². The van der Waals surface area contributed by atoms with Crippen molar-refractivity contribution in [3.63, 3.8) is 0 Å². The Morgan fingerprint density at radius 3 is 2.43 bits per heavy atom. The average Bonchev–Trinajstić information content (AvgIpc) is 2.56. The average molecular weight is 341 g/mol. The molecule has 1 fully saturated rings. The molecule has 0 atom stereocenters. The van der Waals surface area contributed by atoms with Crippen LogP contribution in [-0.2, 0) is 0 Å². The van der Waals surface area contributed by atoms with Gasteiger partial charge in [0.2, 0.25) is 0 Å². The van der Waals surface area contributed by atoms with Gasteiger partial charge < -0.3 is 14.4 Å². The van der Waals surface area contributed by atoms with Crippen molar-refractivity contribution in [3.05, 3.63) is 22.7 Å². The van der Waals surface area contributed by atoms with Gasteiger partial charge in [0, 0.05) is 37.8 Å². The van der Waals surface area contributed by atoms with Gasteiger partial charge in [-0.1, -0.05) is 11.6 Å². The van der Waals surface area contributed by atoms with E-state index in [1.807, 2.05) is 11.8 Å². The highest BCUT2D eigenvalue weighted by Gasteiger charge is 2.25. The summed E-state index contributed by atoms with van der Waals surface area (Å²) in [6, 6.07) is 3.87. The molecular weight excluding hydrogens is 316 g/mol. The van der Waals surface area contributed by atoms with E-state index in [1.54, 1.807) is 19.2 Å². The predicted molar refractivity (Wildman–Crippen MR) is 91.8 cm³/mol. The van der Waals surface area contributed by atoms with Gasteiger partial charge in [-0.25, -0.2) is 0 Å². The Morgan fingerprint density at radius 2 is 1.91 bits per heavy atom. The molecular formula is C17H25ClN2O3. The van der Waals surface area contributed by atoms with Gasteiger partial charge in [-0.05, 0) is 32.9 Å². The highest BCUT2D eigenvalue weighted by atomic mass is 35.5. The van der Waals surface area contributed by atoms with Crippen molar-refractivity contribution in [2.45, 2.75) is 26.8 Å². The molecule has 0 saturated carbocycles. The van der Waals surface area contributed by atoms with Crippen molar-refractivity contribution in [1.82, 2.24) is 9.80 Å². The third-order valence-corrected chi connectivity index (χ3v) is 4.38. The number of nitrogens with zero attached hydrogens (tertiary/aromatic N) is 2. The number of carbonyl (C=O) groups is 1. The maximum Gasteiger partial charge on any atom is 0.254 e. The van der Waals surface area contributed by atoms with Gasteiger partial charge in [-0.15, -0.1) is 0 Å². The molecule has 0 bridgehead atoms. The van der Waals surface area contributed by atoms with Crippen LogP contribution in [-0.4, -0.2) is 61.6 Å². The van der Waals surface area contributed by atoms with E-state index < -0.39 is 0 Å². The summed E-state index contributed by atoms with van der Waals surface area (Å²) in [4.78, 5) is 17.0. The quantitative estimate of drug-likeness (QED) is 0.826. The summed E-state index contributed by atoms with van der Waals surface area (Å²) in [5, 5.41) is 0.398. The molecule has 23 heavy (non-hydrogen) atoms. The summed E-state index contributed by atoms with van der Waals surface area (Å²) in [7, 11) is 1.55. The standard InChI is InChI=1S/C17H25ClN2O3/c1-5-23-16-14(18)10-13(11-15(16)22-4)17(21)20-8-6-19(7-9-20)12(2)3/h10-12H,5-9H2,1-4H3. The summed E-state index contributed by atoms with van der Waals surface area (Å²) in [5.41, 5.74) is 0.535. The van der Waals surface area contributed by atoms with Gasteiger partial charge >= 0.3 is 0 Å². The summed E-state index contributed by atoms with van der Waals surface area (Å²) in [6.07, 6.45) is 0. The van der Waals surface area contributed by atoms with E-state index in [9.17, 15) is 4.79 Å². The lowest BCUT2D eigenvalue weighted by Crippen LogP contribution is -2.50. The van der Waals surface area contributed by atoms with Crippen LogP contribution in [0, 0.1) is 0 Å². The number of hydrogen-bond acceptors (Lipinski definition) is 4. The lowest BCUT2D eigenvalue weighted by molar-refractivity contribution is 0.0595. The van der Waals surface area contributed by atoms with Gasteiger partial charge in [-0.2, -0.15) is 0 Å². The molecule has 6 heteroatoms. The van der Waals surface area contributed by atoms with E-state index in [-0.39, 0.29) is 5.91 Å². The Labute approximate surface area is 143 Å². The SMILES string of the molecule is CCOc1c(Cl)cc(C(=O)N2CCN(C(C)C)CC2)cc1OC. The lowest BCUT2D eigenvalue weighted by Gasteiger charge is -2.37. The molecule has 2 rings (SSSR count). The van der Waals surface area contributed by atoms with E-state index in [0.29, 0.717) is 34.7 Å². The molecule has 0 unspecified atom stereocenters. The maximum absolute atomic E-state index is 12.7. The van der Waals surface area contributed by atoms with Crippen LogP contribution >= 0.6 is 11.6 Å².